The van der Waals surface area contributed by atoms with E-state index in [1.54, 1.807) is 25.5 Å². The van der Waals surface area contributed by atoms with Gasteiger partial charge in [0, 0.05) is 13.0 Å². The normalized spacial score (nSPS) is 12.8. The van der Waals surface area contributed by atoms with Crippen molar-refractivity contribution in [3.05, 3.63) is 15.9 Å². The number of aryl methyl sites for hydroxylation is 2. The molecule has 130 valence electrons. The predicted molar refractivity (Wildman–Crippen MR) is 89.5 cm³/mol. The second kappa shape index (κ2) is 7.81. The van der Waals surface area contributed by atoms with E-state index >= 15 is 0 Å². The Labute approximate surface area is 144 Å². The van der Waals surface area contributed by atoms with Gasteiger partial charge in [-0.1, -0.05) is 6.92 Å². The smallest absolute Gasteiger partial charge is 0.408 e. The SMILES string of the molecule is CCc1nn(CC)c(CC(NC(=O)OC(C)(C)C)C(=O)O)c1Br. The first kappa shape index (κ1) is 19.5. The maximum Gasteiger partial charge on any atom is 0.408 e. The average Bonchev–Trinajstić information content (AvgIpc) is 2.72. The summed E-state index contributed by atoms with van der Waals surface area (Å²) in [4.78, 5) is 23.3. The van der Waals surface area contributed by atoms with Gasteiger partial charge in [-0.3, -0.25) is 4.68 Å². The molecule has 1 atom stereocenters. The number of rotatable bonds is 6. The van der Waals surface area contributed by atoms with Crippen LogP contribution < -0.4 is 5.32 Å². The third-order valence-corrected chi connectivity index (χ3v) is 4.00. The van der Waals surface area contributed by atoms with Gasteiger partial charge < -0.3 is 15.2 Å². The van der Waals surface area contributed by atoms with Crippen LogP contribution >= 0.6 is 15.9 Å². The lowest BCUT2D eigenvalue weighted by molar-refractivity contribution is -0.139. The van der Waals surface area contributed by atoms with Crippen molar-refractivity contribution in [2.45, 2.75) is 65.6 Å². The third-order valence-electron chi connectivity index (χ3n) is 3.08. The molecule has 7 nitrogen and oxygen atoms in total. The number of nitrogens with zero attached hydrogens (tertiary/aromatic N) is 2. The summed E-state index contributed by atoms with van der Waals surface area (Å²) in [5.74, 6) is -1.12. The van der Waals surface area contributed by atoms with Gasteiger partial charge in [-0.25, -0.2) is 9.59 Å². The first-order valence-corrected chi connectivity index (χ1v) is 8.34. The molecule has 0 radical (unpaired) electrons. The number of aliphatic carboxylic acids is 1. The first-order chi connectivity index (χ1) is 10.6. The fourth-order valence-electron chi connectivity index (χ4n) is 2.06. The Hall–Kier alpha value is -1.57. The van der Waals surface area contributed by atoms with Gasteiger partial charge in [-0.15, -0.1) is 0 Å². The molecule has 8 heteroatoms. The molecule has 0 aliphatic heterocycles. The molecule has 0 aliphatic rings. The number of alkyl carbamates (subject to hydrolysis) is 1. The van der Waals surface area contributed by atoms with Crippen molar-refractivity contribution in [3.63, 3.8) is 0 Å². The van der Waals surface area contributed by atoms with Crippen LogP contribution in [0.15, 0.2) is 4.47 Å². The number of aromatic nitrogens is 2. The summed E-state index contributed by atoms with van der Waals surface area (Å²) in [6, 6.07) is -1.09. The minimum absolute atomic E-state index is 0.121. The highest BCUT2D eigenvalue weighted by Crippen LogP contribution is 2.23. The fraction of sp³-hybridized carbons (Fsp3) is 0.667. The lowest BCUT2D eigenvalue weighted by Gasteiger charge is -2.22. The zero-order valence-corrected chi connectivity index (χ0v) is 15.7. The number of hydrogen-bond donors (Lipinski definition) is 2. The summed E-state index contributed by atoms with van der Waals surface area (Å²) in [5, 5.41) is 16.2. The highest BCUT2D eigenvalue weighted by molar-refractivity contribution is 9.10. The standard InChI is InChI=1S/C15H24BrN3O4/c1-6-9-12(16)11(19(7-2)18-9)8-10(13(20)21)17-14(22)23-15(3,4)5/h10H,6-8H2,1-5H3,(H,17,22)(H,20,21). The van der Waals surface area contributed by atoms with Gasteiger partial charge in [-0.05, 0) is 50.0 Å². The van der Waals surface area contributed by atoms with Crippen LogP contribution in [-0.4, -0.2) is 38.6 Å². The Morgan fingerprint density at radius 1 is 1.39 bits per heavy atom. The Kier molecular flexibility index (Phi) is 6.61. The number of carbonyl (C=O) groups excluding carboxylic acids is 1. The van der Waals surface area contributed by atoms with E-state index in [0.29, 0.717) is 6.54 Å². The molecule has 23 heavy (non-hydrogen) atoms. The zero-order chi connectivity index (χ0) is 17.8. The van der Waals surface area contributed by atoms with E-state index in [2.05, 4.69) is 26.3 Å². The van der Waals surface area contributed by atoms with Gasteiger partial charge in [0.2, 0.25) is 0 Å². The summed E-state index contributed by atoms with van der Waals surface area (Å²) in [6.07, 6.45) is 0.104. The molecule has 0 aliphatic carbocycles. The van der Waals surface area contributed by atoms with Gasteiger partial charge in [-0.2, -0.15) is 5.10 Å². The largest absolute Gasteiger partial charge is 0.480 e. The Morgan fingerprint density at radius 3 is 2.43 bits per heavy atom. The minimum Gasteiger partial charge on any atom is -0.480 e. The second-order valence-corrected chi connectivity index (χ2v) is 6.91. The van der Waals surface area contributed by atoms with Crippen molar-refractivity contribution < 1.29 is 19.4 Å². The van der Waals surface area contributed by atoms with Gasteiger partial charge in [0.05, 0.1) is 15.9 Å². The molecule has 0 saturated carbocycles. The van der Waals surface area contributed by atoms with E-state index in [0.717, 1.165) is 22.3 Å². The zero-order valence-electron chi connectivity index (χ0n) is 14.1. The van der Waals surface area contributed by atoms with Crippen LogP contribution in [0.5, 0.6) is 0 Å². The third kappa shape index (κ3) is 5.53. The lowest BCUT2D eigenvalue weighted by Crippen LogP contribution is -2.45. The molecule has 1 aromatic rings. The number of ether oxygens (including phenoxy) is 1. The Balaban J connectivity index is 2.95. The summed E-state index contributed by atoms with van der Waals surface area (Å²) in [5.41, 5.74) is 0.921. The molecule has 0 fully saturated rings. The summed E-state index contributed by atoms with van der Waals surface area (Å²) in [7, 11) is 0. The summed E-state index contributed by atoms with van der Waals surface area (Å²) >= 11 is 3.48. The van der Waals surface area contributed by atoms with Crippen molar-refractivity contribution >= 4 is 28.0 Å². The molecule has 1 aromatic heterocycles. The predicted octanol–water partition coefficient (Wildman–Crippen LogP) is 2.75. The molecule has 1 heterocycles. The quantitative estimate of drug-likeness (QED) is 0.779. The molecule has 0 bridgehead atoms. The second-order valence-electron chi connectivity index (χ2n) is 6.12. The van der Waals surface area contributed by atoms with Gasteiger partial charge in [0.1, 0.15) is 11.6 Å². The molecule has 1 amide bonds. The molecule has 0 aromatic carbocycles. The molecular formula is C15H24BrN3O4. The maximum atomic E-state index is 11.8. The van der Waals surface area contributed by atoms with Crippen LogP contribution in [0.25, 0.3) is 0 Å². The van der Waals surface area contributed by atoms with Gasteiger partial charge in [0.25, 0.3) is 0 Å². The minimum atomic E-state index is -1.12. The summed E-state index contributed by atoms with van der Waals surface area (Å²) < 4.78 is 7.66. The Morgan fingerprint density at radius 2 is 2.00 bits per heavy atom. The Bertz CT molecular complexity index is 578. The molecule has 0 saturated heterocycles. The highest BCUT2D eigenvalue weighted by atomic mass is 79.9. The molecule has 2 N–H and O–H groups in total. The molecular weight excluding hydrogens is 366 g/mol. The highest BCUT2D eigenvalue weighted by Gasteiger charge is 2.27. The van der Waals surface area contributed by atoms with Crippen molar-refractivity contribution in [1.29, 1.82) is 0 Å². The van der Waals surface area contributed by atoms with Crippen LogP contribution in [0.4, 0.5) is 4.79 Å². The van der Waals surface area contributed by atoms with E-state index in [9.17, 15) is 14.7 Å². The lowest BCUT2D eigenvalue weighted by atomic mass is 10.1. The number of carbonyl (C=O) groups is 2. The van der Waals surface area contributed by atoms with E-state index in [4.69, 9.17) is 4.74 Å². The molecule has 0 spiro atoms. The monoisotopic (exact) mass is 389 g/mol. The van der Waals surface area contributed by atoms with Crippen molar-refractivity contribution in [2.75, 3.05) is 0 Å². The van der Waals surface area contributed by atoms with Crippen molar-refractivity contribution in [2.24, 2.45) is 0 Å². The van der Waals surface area contributed by atoms with E-state index in [1.165, 1.54) is 0 Å². The van der Waals surface area contributed by atoms with Crippen molar-refractivity contribution in [1.82, 2.24) is 15.1 Å². The van der Waals surface area contributed by atoms with E-state index < -0.39 is 23.7 Å². The number of amides is 1. The van der Waals surface area contributed by atoms with Crippen LogP contribution in [-0.2, 0) is 28.9 Å². The maximum absolute atomic E-state index is 11.8. The number of nitrogens with one attached hydrogen (secondary N) is 1. The van der Waals surface area contributed by atoms with Crippen LogP contribution in [0.1, 0.15) is 46.0 Å². The number of carboxylic acids is 1. The van der Waals surface area contributed by atoms with Crippen LogP contribution in [0.2, 0.25) is 0 Å². The van der Waals surface area contributed by atoms with Crippen molar-refractivity contribution in [3.8, 4) is 0 Å². The number of halogens is 1. The first-order valence-electron chi connectivity index (χ1n) is 7.55. The fourth-order valence-corrected chi connectivity index (χ4v) is 2.78. The van der Waals surface area contributed by atoms with Crippen LogP contribution in [0, 0.1) is 0 Å². The van der Waals surface area contributed by atoms with Crippen LogP contribution in [0.3, 0.4) is 0 Å². The molecule has 1 rings (SSSR count). The summed E-state index contributed by atoms with van der Waals surface area (Å²) in [6.45, 7) is 9.69. The number of carboxylic acid groups (broad SMARTS) is 1. The van der Waals surface area contributed by atoms with E-state index in [1.807, 2.05) is 13.8 Å². The number of hydrogen-bond acceptors (Lipinski definition) is 4. The van der Waals surface area contributed by atoms with E-state index in [-0.39, 0.29) is 6.42 Å². The van der Waals surface area contributed by atoms with Gasteiger partial charge in [0.15, 0.2) is 0 Å². The average molecular weight is 390 g/mol. The molecule has 1 unspecified atom stereocenters. The van der Waals surface area contributed by atoms with Gasteiger partial charge >= 0.3 is 12.1 Å². The topological polar surface area (TPSA) is 93.5 Å².